The van der Waals surface area contributed by atoms with Crippen molar-refractivity contribution in [1.29, 1.82) is 0 Å². The number of rotatable bonds is 1. The minimum Gasteiger partial charge on any atom is -0.465 e. The van der Waals surface area contributed by atoms with Crippen LogP contribution in [-0.4, -0.2) is 11.4 Å². The number of aliphatic hydroxyl groups is 1. The fraction of sp³-hybridized carbons (Fsp3) is 0.250. The average Bonchev–Trinajstić information content (AvgIpc) is 2.51. The molecule has 2 aromatic carbocycles. The summed E-state index contributed by atoms with van der Waals surface area (Å²) in [5.41, 5.74) is 0.592. The van der Waals surface area contributed by atoms with E-state index in [4.69, 9.17) is 13.0 Å². The van der Waals surface area contributed by atoms with Gasteiger partial charge in [0.1, 0.15) is 5.75 Å². The molecule has 1 aliphatic rings. The summed E-state index contributed by atoms with van der Waals surface area (Å²) in [5, 5.41) is 9.98. The number of hydrogen-bond acceptors (Lipinski definition) is 2. The van der Waals surface area contributed by atoms with E-state index in [0.29, 0.717) is 0 Å². The van der Waals surface area contributed by atoms with E-state index < -0.39 is 36.7 Å². The molecule has 3 rings (SSSR count). The van der Waals surface area contributed by atoms with Gasteiger partial charge in [-0.05, 0) is 18.5 Å². The molecule has 2 aromatic rings. The van der Waals surface area contributed by atoms with Gasteiger partial charge in [0.15, 0.2) is 6.29 Å². The van der Waals surface area contributed by atoms with E-state index in [-0.39, 0.29) is 23.8 Å². The second kappa shape index (κ2) is 4.46. The van der Waals surface area contributed by atoms with Gasteiger partial charge in [-0.25, -0.2) is 0 Å². The minimum absolute atomic E-state index is 0.0781. The molecule has 2 heteroatoms. The first-order valence-corrected chi connectivity index (χ1v) is 5.75. The first-order chi connectivity index (χ1) is 11.2. The molecule has 92 valence electrons. The highest BCUT2D eigenvalue weighted by atomic mass is 16.6. The number of ether oxygens (including phenoxy) is 1. The molecule has 1 aliphatic heterocycles. The lowest BCUT2D eigenvalue weighted by Gasteiger charge is -2.30. The third-order valence-corrected chi connectivity index (χ3v) is 3.05. The van der Waals surface area contributed by atoms with Crippen LogP contribution in [0.5, 0.6) is 5.75 Å². The van der Waals surface area contributed by atoms with Gasteiger partial charge in [0.2, 0.25) is 0 Å². The zero-order chi connectivity index (χ0) is 17.6. The maximum atomic E-state index is 9.98. The fourth-order valence-corrected chi connectivity index (χ4v) is 2.24. The molecule has 0 saturated heterocycles. The van der Waals surface area contributed by atoms with Crippen molar-refractivity contribution in [2.75, 3.05) is 0 Å². The van der Waals surface area contributed by atoms with Gasteiger partial charge in [-0.3, -0.25) is 0 Å². The Morgan fingerprint density at radius 3 is 2.94 bits per heavy atom. The zero-order valence-corrected chi connectivity index (χ0v) is 9.60. The summed E-state index contributed by atoms with van der Waals surface area (Å²) in [4.78, 5) is 0. The second-order valence-electron chi connectivity index (χ2n) is 4.26. The Morgan fingerprint density at radius 2 is 2.17 bits per heavy atom. The van der Waals surface area contributed by atoms with Crippen molar-refractivity contribution in [1.82, 2.24) is 0 Å². The van der Waals surface area contributed by atoms with Crippen molar-refractivity contribution in [3.05, 3.63) is 65.1 Å². The van der Waals surface area contributed by atoms with E-state index >= 15 is 0 Å². The van der Waals surface area contributed by atoms with E-state index in [0.717, 1.165) is 5.56 Å². The number of hydrogen-bond donors (Lipinski definition) is 1. The van der Waals surface area contributed by atoms with Crippen molar-refractivity contribution in [2.24, 2.45) is 0 Å². The molecule has 0 aliphatic carbocycles. The predicted molar refractivity (Wildman–Crippen MR) is 70.7 cm³/mol. The van der Waals surface area contributed by atoms with Crippen LogP contribution in [0.15, 0.2) is 48.5 Å². The van der Waals surface area contributed by atoms with Gasteiger partial charge in [0.25, 0.3) is 0 Å². The highest BCUT2D eigenvalue weighted by Gasteiger charge is 2.28. The molecule has 0 aromatic heterocycles. The Bertz CT molecular complexity index is 773. The van der Waals surface area contributed by atoms with Crippen molar-refractivity contribution >= 4 is 0 Å². The van der Waals surface area contributed by atoms with Crippen LogP contribution in [0.2, 0.25) is 0 Å². The van der Waals surface area contributed by atoms with E-state index in [9.17, 15) is 5.11 Å². The number of fused-ring (bicyclic) bond motifs is 1. The number of aliphatic hydroxyl groups excluding tert-OH is 1. The van der Waals surface area contributed by atoms with Crippen LogP contribution in [0.1, 0.15) is 37.3 Å². The van der Waals surface area contributed by atoms with Crippen LogP contribution in [0.3, 0.4) is 0 Å². The molecule has 2 atom stereocenters. The average molecular weight is 246 g/mol. The van der Waals surface area contributed by atoms with Gasteiger partial charge in [-0.1, -0.05) is 48.0 Å². The highest BCUT2D eigenvalue weighted by Crippen LogP contribution is 2.40. The molecule has 0 fully saturated rings. The number of benzene rings is 2. The summed E-state index contributed by atoms with van der Waals surface area (Å²) < 4.78 is 52.4. The van der Waals surface area contributed by atoms with Crippen LogP contribution < -0.4 is 4.74 Å². The molecule has 1 N–H and O–H groups in total. The monoisotopic (exact) mass is 246 g/mol. The lowest BCUT2D eigenvalue weighted by molar-refractivity contribution is -0.0359. The summed E-state index contributed by atoms with van der Waals surface area (Å²) >= 11 is 0. The summed E-state index contributed by atoms with van der Waals surface area (Å²) in [5.74, 6) is -0.547. The summed E-state index contributed by atoms with van der Waals surface area (Å²) in [7, 11) is 0. The lowest BCUT2D eigenvalue weighted by atomic mass is 9.85. The molecule has 0 saturated carbocycles. The van der Waals surface area contributed by atoms with E-state index in [2.05, 4.69) is 0 Å². The standard InChI is InChI=1S/C16H16O2/c1-11-7-8-15-14(9-11)13(10-16(17)18-15)12-5-3-2-4-6-12/h2-9,13,16-17H,10H2,1H3/i1D3,7D,8D,9D. The topological polar surface area (TPSA) is 29.5 Å². The van der Waals surface area contributed by atoms with Crippen LogP contribution in [-0.2, 0) is 0 Å². The van der Waals surface area contributed by atoms with Crippen molar-refractivity contribution < 1.29 is 18.1 Å². The van der Waals surface area contributed by atoms with Gasteiger partial charge in [0, 0.05) is 22.0 Å². The summed E-state index contributed by atoms with van der Waals surface area (Å²) in [6.45, 7) is -2.67. The molecule has 1 heterocycles. The van der Waals surface area contributed by atoms with Crippen LogP contribution in [0.25, 0.3) is 0 Å². The maximum absolute atomic E-state index is 9.98. The van der Waals surface area contributed by atoms with E-state index in [1.807, 2.05) is 30.3 Å². The van der Waals surface area contributed by atoms with Gasteiger partial charge >= 0.3 is 0 Å². The molecule has 0 amide bonds. The molecular weight excluding hydrogens is 224 g/mol. The van der Waals surface area contributed by atoms with Crippen LogP contribution in [0.4, 0.5) is 0 Å². The van der Waals surface area contributed by atoms with Crippen LogP contribution >= 0.6 is 0 Å². The van der Waals surface area contributed by atoms with E-state index in [1.54, 1.807) is 0 Å². The molecule has 0 bridgehead atoms. The molecule has 0 spiro atoms. The Morgan fingerprint density at radius 1 is 1.33 bits per heavy atom. The van der Waals surface area contributed by atoms with Gasteiger partial charge in [-0.2, -0.15) is 0 Å². The first-order valence-electron chi connectivity index (χ1n) is 8.75. The molecule has 18 heavy (non-hydrogen) atoms. The predicted octanol–water partition coefficient (Wildman–Crippen LogP) is 3.23. The summed E-state index contributed by atoms with van der Waals surface area (Å²) in [6.07, 6.45) is -1.02. The second-order valence-corrected chi connectivity index (χ2v) is 4.26. The summed E-state index contributed by atoms with van der Waals surface area (Å²) in [6, 6.07) is 7.81. The minimum atomic E-state index is -2.67. The SMILES string of the molecule is [2H]c1c([2H])c(C([2H])([2H])[2H])c([2H])c2c1OC(O)CC2c1ccccc1. The Labute approximate surface area is 115 Å². The van der Waals surface area contributed by atoms with Gasteiger partial charge < -0.3 is 9.84 Å². The largest absolute Gasteiger partial charge is 0.465 e. The first kappa shape index (κ1) is 6.39. The zero-order valence-electron chi connectivity index (χ0n) is 15.6. The third-order valence-electron chi connectivity index (χ3n) is 3.05. The lowest BCUT2D eigenvalue weighted by Crippen LogP contribution is -2.25. The maximum Gasteiger partial charge on any atom is 0.198 e. The molecular formula is C16H16O2. The Hall–Kier alpha value is -1.80. The molecule has 0 radical (unpaired) electrons. The third kappa shape index (κ3) is 2.00. The molecule has 2 nitrogen and oxygen atoms in total. The normalized spacial score (nSPS) is 27.6. The van der Waals surface area contributed by atoms with Crippen molar-refractivity contribution in [3.8, 4) is 5.75 Å². The van der Waals surface area contributed by atoms with Crippen molar-refractivity contribution in [3.63, 3.8) is 0 Å². The Kier molecular flexibility index (Phi) is 1.59. The van der Waals surface area contributed by atoms with Gasteiger partial charge in [-0.15, -0.1) is 0 Å². The smallest absolute Gasteiger partial charge is 0.198 e. The van der Waals surface area contributed by atoms with Gasteiger partial charge in [0.05, 0.1) is 4.11 Å². The molecule has 2 unspecified atom stereocenters. The Balaban J connectivity index is 2.31. The van der Waals surface area contributed by atoms with Crippen molar-refractivity contribution in [2.45, 2.75) is 25.5 Å². The fourth-order valence-electron chi connectivity index (χ4n) is 2.24. The quantitative estimate of drug-likeness (QED) is 0.837. The van der Waals surface area contributed by atoms with Crippen LogP contribution in [0, 0.1) is 6.85 Å². The highest BCUT2D eigenvalue weighted by molar-refractivity contribution is 5.45. The van der Waals surface area contributed by atoms with E-state index in [1.165, 1.54) is 0 Å².